The van der Waals surface area contributed by atoms with Crippen molar-refractivity contribution >= 4 is 5.78 Å². The molecule has 0 fully saturated rings. The monoisotopic (exact) mass is 154 g/mol. The van der Waals surface area contributed by atoms with Gasteiger partial charge in [0.25, 0.3) is 0 Å². The largest absolute Gasteiger partial charge is 0.300 e. The first kappa shape index (κ1) is 10.4. The molecule has 0 radical (unpaired) electrons. The molecule has 0 heterocycles. The second kappa shape index (κ2) is 5.11. The summed E-state index contributed by atoms with van der Waals surface area (Å²) < 4.78 is 0. The zero-order chi connectivity index (χ0) is 8.85. The minimum absolute atomic E-state index is 0.291. The number of allylic oxidation sites excluding steroid dienone is 2. The number of carbonyl (C=O) groups is 1. The molecule has 0 aromatic rings. The lowest BCUT2D eigenvalue weighted by Crippen LogP contribution is -2.00. The Hall–Kier alpha value is -0.590. The van der Waals surface area contributed by atoms with E-state index in [1.807, 2.05) is 0 Å². The lowest BCUT2D eigenvalue weighted by atomic mass is 10.0. The summed E-state index contributed by atoms with van der Waals surface area (Å²) >= 11 is 0. The Bertz CT molecular complexity index is 152. The van der Waals surface area contributed by atoms with E-state index < -0.39 is 0 Å². The van der Waals surface area contributed by atoms with Crippen LogP contribution in [0.4, 0.5) is 0 Å². The summed E-state index contributed by atoms with van der Waals surface area (Å²) in [6.45, 7) is 7.93. The van der Waals surface area contributed by atoms with Gasteiger partial charge < -0.3 is 4.79 Å². The van der Waals surface area contributed by atoms with Crippen LogP contribution in [0.1, 0.15) is 40.5 Å². The lowest BCUT2D eigenvalue weighted by Gasteiger charge is -2.04. The van der Waals surface area contributed by atoms with Gasteiger partial charge in [-0.15, -0.1) is 0 Å². The van der Waals surface area contributed by atoms with Gasteiger partial charge in [0.2, 0.25) is 0 Å². The Kier molecular flexibility index (Phi) is 4.84. The van der Waals surface area contributed by atoms with E-state index in [9.17, 15) is 4.79 Å². The molecule has 0 aliphatic rings. The molecule has 64 valence electrons. The molecule has 0 aliphatic carbocycles. The Morgan fingerprint density at radius 3 is 2.27 bits per heavy atom. The predicted molar refractivity (Wildman–Crippen MR) is 48.5 cm³/mol. The van der Waals surface area contributed by atoms with Crippen LogP contribution in [-0.4, -0.2) is 5.78 Å². The van der Waals surface area contributed by atoms with Crippen LogP contribution in [0.2, 0.25) is 0 Å². The Morgan fingerprint density at radius 1 is 1.36 bits per heavy atom. The molecule has 1 nitrogen and oxygen atoms in total. The maximum atomic E-state index is 10.7. The van der Waals surface area contributed by atoms with Crippen molar-refractivity contribution in [3.05, 3.63) is 11.6 Å². The van der Waals surface area contributed by atoms with Crippen LogP contribution in [0.25, 0.3) is 0 Å². The highest BCUT2D eigenvalue weighted by molar-refractivity contribution is 5.75. The maximum Gasteiger partial charge on any atom is 0.130 e. The van der Waals surface area contributed by atoms with Crippen LogP contribution in [0, 0.1) is 5.92 Å². The number of carbonyl (C=O) groups excluding carboxylic acids is 1. The van der Waals surface area contributed by atoms with Crippen LogP contribution in [0.3, 0.4) is 0 Å². The molecule has 0 aromatic carbocycles. The highest BCUT2D eigenvalue weighted by atomic mass is 16.1. The van der Waals surface area contributed by atoms with Gasteiger partial charge in [0.05, 0.1) is 0 Å². The SMILES string of the molecule is CC(=O)CC(C)CC=C(C)C. The topological polar surface area (TPSA) is 17.1 Å². The normalized spacial score (nSPS) is 12.4. The first-order chi connectivity index (χ1) is 5.02. The molecule has 0 saturated heterocycles. The first-order valence-electron chi connectivity index (χ1n) is 4.15. The zero-order valence-electron chi connectivity index (χ0n) is 7.98. The van der Waals surface area contributed by atoms with E-state index in [0.717, 1.165) is 6.42 Å². The molecule has 0 bridgehead atoms. The number of hydrogen-bond donors (Lipinski definition) is 0. The van der Waals surface area contributed by atoms with Crippen molar-refractivity contribution in [3.8, 4) is 0 Å². The molecule has 1 heteroatoms. The molecule has 0 rings (SSSR count). The Labute approximate surface area is 69.5 Å². The van der Waals surface area contributed by atoms with Crippen LogP contribution in [-0.2, 0) is 4.79 Å². The fraction of sp³-hybridized carbons (Fsp3) is 0.700. The number of rotatable bonds is 4. The van der Waals surface area contributed by atoms with E-state index in [1.165, 1.54) is 5.57 Å². The standard InChI is InChI=1S/C10H18O/c1-8(2)5-6-9(3)7-10(4)11/h5,9H,6-7H2,1-4H3. The Morgan fingerprint density at radius 2 is 1.91 bits per heavy atom. The van der Waals surface area contributed by atoms with Crippen molar-refractivity contribution in [3.63, 3.8) is 0 Å². The van der Waals surface area contributed by atoms with Gasteiger partial charge in [-0.25, -0.2) is 0 Å². The van der Waals surface area contributed by atoms with Crippen molar-refractivity contribution in [2.75, 3.05) is 0 Å². The summed E-state index contributed by atoms with van der Waals surface area (Å²) in [7, 11) is 0. The summed E-state index contributed by atoms with van der Waals surface area (Å²) in [5.41, 5.74) is 1.33. The van der Waals surface area contributed by atoms with Crippen LogP contribution >= 0.6 is 0 Å². The Balaban J connectivity index is 3.61. The molecular formula is C10H18O. The third-order valence-electron chi connectivity index (χ3n) is 1.56. The van der Waals surface area contributed by atoms with Gasteiger partial charge in [-0.3, -0.25) is 0 Å². The smallest absolute Gasteiger partial charge is 0.130 e. The fourth-order valence-corrected chi connectivity index (χ4v) is 1.01. The number of hydrogen-bond acceptors (Lipinski definition) is 1. The molecule has 0 aromatic heterocycles. The predicted octanol–water partition coefficient (Wildman–Crippen LogP) is 2.96. The van der Waals surface area contributed by atoms with E-state index in [2.05, 4.69) is 26.8 Å². The van der Waals surface area contributed by atoms with Crippen molar-refractivity contribution in [1.29, 1.82) is 0 Å². The fourth-order valence-electron chi connectivity index (χ4n) is 1.01. The van der Waals surface area contributed by atoms with E-state index in [1.54, 1.807) is 6.92 Å². The molecule has 0 saturated carbocycles. The van der Waals surface area contributed by atoms with E-state index in [-0.39, 0.29) is 0 Å². The van der Waals surface area contributed by atoms with Gasteiger partial charge in [0.15, 0.2) is 0 Å². The molecule has 0 aliphatic heterocycles. The van der Waals surface area contributed by atoms with Gasteiger partial charge in [0, 0.05) is 6.42 Å². The van der Waals surface area contributed by atoms with Crippen molar-refractivity contribution in [1.82, 2.24) is 0 Å². The highest BCUT2D eigenvalue weighted by Crippen LogP contribution is 2.09. The summed E-state index contributed by atoms with van der Waals surface area (Å²) in [5, 5.41) is 0. The molecule has 11 heavy (non-hydrogen) atoms. The molecular weight excluding hydrogens is 136 g/mol. The quantitative estimate of drug-likeness (QED) is 0.569. The lowest BCUT2D eigenvalue weighted by molar-refractivity contribution is -0.117. The van der Waals surface area contributed by atoms with Gasteiger partial charge in [-0.1, -0.05) is 18.6 Å². The number of ketones is 1. The van der Waals surface area contributed by atoms with E-state index in [0.29, 0.717) is 18.1 Å². The molecule has 0 N–H and O–H groups in total. The summed E-state index contributed by atoms with van der Waals surface area (Å²) in [6.07, 6.45) is 3.93. The summed E-state index contributed by atoms with van der Waals surface area (Å²) in [4.78, 5) is 10.7. The third-order valence-corrected chi connectivity index (χ3v) is 1.56. The summed E-state index contributed by atoms with van der Waals surface area (Å²) in [5.74, 6) is 0.794. The second-order valence-corrected chi connectivity index (χ2v) is 3.53. The molecule has 1 atom stereocenters. The van der Waals surface area contributed by atoms with Crippen LogP contribution in [0.15, 0.2) is 11.6 Å². The average Bonchev–Trinajstić information content (AvgIpc) is 1.82. The molecule has 1 unspecified atom stereocenters. The first-order valence-corrected chi connectivity index (χ1v) is 4.15. The average molecular weight is 154 g/mol. The van der Waals surface area contributed by atoms with Gasteiger partial charge in [-0.2, -0.15) is 0 Å². The minimum Gasteiger partial charge on any atom is -0.300 e. The van der Waals surface area contributed by atoms with Crippen LogP contribution in [0.5, 0.6) is 0 Å². The van der Waals surface area contributed by atoms with Crippen molar-refractivity contribution in [2.45, 2.75) is 40.5 Å². The molecule has 0 amide bonds. The number of Topliss-reactive ketones (excluding diaryl/α,β-unsaturated/α-hetero) is 1. The van der Waals surface area contributed by atoms with Gasteiger partial charge >= 0.3 is 0 Å². The van der Waals surface area contributed by atoms with Crippen LogP contribution < -0.4 is 0 Å². The third kappa shape index (κ3) is 7.31. The van der Waals surface area contributed by atoms with Crippen molar-refractivity contribution < 1.29 is 4.79 Å². The van der Waals surface area contributed by atoms with E-state index >= 15 is 0 Å². The highest BCUT2D eigenvalue weighted by Gasteiger charge is 2.02. The maximum absolute atomic E-state index is 10.7. The van der Waals surface area contributed by atoms with Crippen molar-refractivity contribution in [2.24, 2.45) is 5.92 Å². The minimum atomic E-state index is 0.291. The summed E-state index contributed by atoms with van der Waals surface area (Å²) in [6, 6.07) is 0. The zero-order valence-corrected chi connectivity index (χ0v) is 7.98. The molecule has 0 spiro atoms. The second-order valence-electron chi connectivity index (χ2n) is 3.53. The van der Waals surface area contributed by atoms with E-state index in [4.69, 9.17) is 0 Å². The van der Waals surface area contributed by atoms with Gasteiger partial charge in [-0.05, 0) is 33.1 Å². The van der Waals surface area contributed by atoms with Gasteiger partial charge in [0.1, 0.15) is 5.78 Å².